The number of nitrogens with one attached hydrogen (secondary N) is 2. The summed E-state index contributed by atoms with van der Waals surface area (Å²) in [5, 5.41) is 12.6. The number of anilines is 4. The Morgan fingerprint density at radius 1 is 0.868 bits per heavy atom. The number of carbonyl (C=O) groups is 1. The van der Waals surface area contributed by atoms with E-state index in [4.69, 9.17) is 15.6 Å². The minimum absolute atomic E-state index is 0.0895. The maximum atomic E-state index is 12.8. The van der Waals surface area contributed by atoms with Crippen LogP contribution in [0.3, 0.4) is 0 Å². The molecule has 4 aromatic carbocycles. The molecule has 0 bridgehead atoms. The molecule has 6 aromatic rings. The Morgan fingerprint density at radius 2 is 1.63 bits per heavy atom. The molecule has 0 spiro atoms. The number of fused-ring (bicyclic) bond motifs is 3. The molecule has 0 saturated carbocycles. The van der Waals surface area contributed by atoms with Gasteiger partial charge in [0.1, 0.15) is 23.6 Å². The Balaban J connectivity index is 1.37. The largest absolute Gasteiger partial charge is 0.454 e. The summed E-state index contributed by atoms with van der Waals surface area (Å²) in [5.41, 5.74) is 10.3. The predicted molar refractivity (Wildman–Crippen MR) is 149 cm³/mol. The fourth-order valence-corrected chi connectivity index (χ4v) is 4.44. The maximum absolute atomic E-state index is 12.8. The van der Waals surface area contributed by atoms with Crippen molar-refractivity contribution < 1.29 is 9.21 Å². The molecule has 38 heavy (non-hydrogen) atoms. The summed E-state index contributed by atoms with van der Waals surface area (Å²) in [6, 6.07) is 30.0. The van der Waals surface area contributed by atoms with E-state index in [0.717, 1.165) is 33.3 Å². The van der Waals surface area contributed by atoms with E-state index in [-0.39, 0.29) is 11.7 Å². The topological polar surface area (TPSA) is 121 Å². The summed E-state index contributed by atoms with van der Waals surface area (Å²) in [7, 11) is 0. The van der Waals surface area contributed by atoms with Crippen LogP contribution in [-0.2, 0) is 0 Å². The number of hydrogen-bond donors (Lipinski definition) is 3. The van der Waals surface area contributed by atoms with Gasteiger partial charge in [-0.2, -0.15) is 0 Å². The molecule has 0 aliphatic rings. The molecule has 6 rings (SSSR count). The summed E-state index contributed by atoms with van der Waals surface area (Å²) >= 11 is 0. The van der Waals surface area contributed by atoms with Gasteiger partial charge >= 0.3 is 0 Å². The van der Waals surface area contributed by atoms with Crippen LogP contribution in [0.4, 0.5) is 22.9 Å². The number of nitrogen functional groups attached to an aromatic ring is 1. The first-order valence-corrected chi connectivity index (χ1v) is 11.9. The number of hydrogen-bond acceptors (Lipinski definition) is 6. The lowest BCUT2D eigenvalue weighted by atomic mass is 10.1. The van der Waals surface area contributed by atoms with Gasteiger partial charge in [0.05, 0.1) is 5.69 Å². The third kappa shape index (κ3) is 4.20. The van der Waals surface area contributed by atoms with Crippen LogP contribution >= 0.6 is 0 Å². The summed E-state index contributed by atoms with van der Waals surface area (Å²) in [6.07, 6.45) is 3.20. The van der Waals surface area contributed by atoms with Gasteiger partial charge in [-0.25, -0.2) is 9.97 Å². The number of benzene rings is 4. The van der Waals surface area contributed by atoms with E-state index in [2.05, 4.69) is 15.3 Å². The molecule has 0 radical (unpaired) electrons. The van der Waals surface area contributed by atoms with Crippen molar-refractivity contribution in [3.63, 3.8) is 0 Å². The second kappa shape index (κ2) is 9.51. The van der Waals surface area contributed by atoms with Crippen LogP contribution in [0.1, 0.15) is 15.9 Å². The molecule has 2 aromatic heterocycles. The van der Waals surface area contributed by atoms with Gasteiger partial charge in [0.2, 0.25) is 0 Å². The minimum atomic E-state index is -0.291. The summed E-state index contributed by atoms with van der Waals surface area (Å²) in [6.45, 7) is 0. The van der Waals surface area contributed by atoms with Gasteiger partial charge in [-0.05, 0) is 54.6 Å². The lowest BCUT2D eigenvalue weighted by molar-refractivity contribution is 0.102. The standard InChI is InChI=1S/C30H22N6O2/c31-29(32)19-5-3-6-20(17-19)30(37)35-21-11-13-22(14-12-21)36(27-15-16-33-18-34-27)25-9-4-8-24-23-7-1-2-10-26(23)38-28(24)25/h1-18H,(H3,31,32)(H,35,37). The van der Waals surface area contributed by atoms with E-state index >= 15 is 0 Å². The fourth-order valence-electron chi connectivity index (χ4n) is 4.44. The number of aromatic nitrogens is 2. The number of para-hydroxylation sites is 2. The Bertz CT molecular complexity index is 1800. The Labute approximate surface area is 217 Å². The van der Waals surface area contributed by atoms with Crippen molar-refractivity contribution in [1.29, 1.82) is 5.41 Å². The van der Waals surface area contributed by atoms with Gasteiger partial charge in [-0.1, -0.05) is 42.5 Å². The molecule has 8 nitrogen and oxygen atoms in total. The SMILES string of the molecule is N=C(N)c1cccc(C(=O)Nc2ccc(N(c3ccncn3)c3cccc4c3oc3ccccc34)cc2)c1. The number of amides is 1. The molecule has 0 fully saturated rings. The van der Waals surface area contributed by atoms with Gasteiger partial charge in [0.25, 0.3) is 5.91 Å². The number of amidine groups is 1. The van der Waals surface area contributed by atoms with Crippen LogP contribution in [0.5, 0.6) is 0 Å². The van der Waals surface area contributed by atoms with E-state index in [1.54, 1.807) is 30.5 Å². The normalized spacial score (nSPS) is 10.9. The van der Waals surface area contributed by atoms with Crippen molar-refractivity contribution in [3.05, 3.63) is 121 Å². The van der Waals surface area contributed by atoms with E-state index in [1.807, 2.05) is 77.7 Å². The number of furan rings is 1. The van der Waals surface area contributed by atoms with Crippen molar-refractivity contribution in [2.45, 2.75) is 0 Å². The lowest BCUT2D eigenvalue weighted by Crippen LogP contribution is -2.15. The van der Waals surface area contributed by atoms with Crippen LogP contribution in [0.2, 0.25) is 0 Å². The van der Waals surface area contributed by atoms with Gasteiger partial charge < -0.3 is 15.5 Å². The van der Waals surface area contributed by atoms with Crippen LogP contribution in [0.15, 0.2) is 114 Å². The molecule has 2 heterocycles. The van der Waals surface area contributed by atoms with E-state index in [1.165, 1.54) is 6.33 Å². The summed E-state index contributed by atoms with van der Waals surface area (Å²) in [5.74, 6) is 0.291. The predicted octanol–water partition coefficient (Wildman–Crippen LogP) is 6.38. The first-order chi connectivity index (χ1) is 18.6. The molecule has 8 heteroatoms. The third-order valence-corrected chi connectivity index (χ3v) is 6.24. The van der Waals surface area contributed by atoms with E-state index in [0.29, 0.717) is 22.6 Å². The van der Waals surface area contributed by atoms with Crippen LogP contribution in [-0.4, -0.2) is 21.7 Å². The average Bonchev–Trinajstić information content (AvgIpc) is 3.34. The Hall–Kier alpha value is -5.50. The first-order valence-electron chi connectivity index (χ1n) is 11.9. The van der Waals surface area contributed by atoms with Crippen LogP contribution < -0.4 is 16.0 Å². The highest BCUT2D eigenvalue weighted by molar-refractivity contribution is 6.10. The van der Waals surface area contributed by atoms with Crippen molar-refractivity contribution in [2.24, 2.45) is 5.73 Å². The maximum Gasteiger partial charge on any atom is 0.255 e. The summed E-state index contributed by atoms with van der Waals surface area (Å²) in [4.78, 5) is 23.4. The first kappa shape index (κ1) is 22.9. The Kier molecular flexibility index (Phi) is 5.74. The molecular formula is C30H22N6O2. The smallest absolute Gasteiger partial charge is 0.255 e. The average molecular weight is 499 g/mol. The number of nitrogens with two attached hydrogens (primary N) is 1. The minimum Gasteiger partial charge on any atom is -0.454 e. The van der Waals surface area contributed by atoms with E-state index in [9.17, 15) is 4.79 Å². The van der Waals surface area contributed by atoms with Gasteiger partial charge in [-0.3, -0.25) is 15.1 Å². The highest BCUT2D eigenvalue weighted by Crippen LogP contribution is 2.41. The quantitative estimate of drug-likeness (QED) is 0.181. The molecule has 0 unspecified atom stereocenters. The van der Waals surface area contributed by atoms with Crippen molar-refractivity contribution in [1.82, 2.24) is 9.97 Å². The zero-order valence-electron chi connectivity index (χ0n) is 20.1. The van der Waals surface area contributed by atoms with Gasteiger partial charge in [-0.15, -0.1) is 0 Å². The fraction of sp³-hybridized carbons (Fsp3) is 0. The molecule has 0 atom stereocenters. The molecular weight excluding hydrogens is 476 g/mol. The lowest BCUT2D eigenvalue weighted by Gasteiger charge is -2.24. The highest BCUT2D eigenvalue weighted by atomic mass is 16.3. The van der Waals surface area contributed by atoms with Crippen LogP contribution in [0, 0.1) is 5.41 Å². The van der Waals surface area contributed by atoms with Crippen molar-refractivity contribution in [2.75, 3.05) is 10.2 Å². The number of carbonyl (C=O) groups excluding carboxylic acids is 1. The second-order valence-corrected chi connectivity index (χ2v) is 8.65. The molecule has 4 N–H and O–H groups in total. The summed E-state index contributed by atoms with van der Waals surface area (Å²) < 4.78 is 6.29. The molecule has 0 aliphatic carbocycles. The zero-order valence-corrected chi connectivity index (χ0v) is 20.1. The van der Waals surface area contributed by atoms with Crippen molar-refractivity contribution in [3.8, 4) is 0 Å². The third-order valence-electron chi connectivity index (χ3n) is 6.24. The molecule has 184 valence electrons. The monoisotopic (exact) mass is 498 g/mol. The molecule has 0 aliphatic heterocycles. The zero-order chi connectivity index (χ0) is 26.1. The molecule has 1 amide bonds. The van der Waals surface area contributed by atoms with Crippen LogP contribution in [0.25, 0.3) is 21.9 Å². The second-order valence-electron chi connectivity index (χ2n) is 8.65. The number of nitrogens with zero attached hydrogens (tertiary/aromatic N) is 3. The van der Waals surface area contributed by atoms with Gasteiger partial charge in [0, 0.05) is 39.5 Å². The van der Waals surface area contributed by atoms with E-state index < -0.39 is 0 Å². The van der Waals surface area contributed by atoms with Gasteiger partial charge in [0.15, 0.2) is 5.58 Å². The van der Waals surface area contributed by atoms with Crippen molar-refractivity contribution >= 4 is 56.6 Å². The Morgan fingerprint density at radius 3 is 2.42 bits per heavy atom. The number of rotatable bonds is 6. The highest BCUT2D eigenvalue weighted by Gasteiger charge is 2.20. The molecule has 0 saturated heterocycles.